The topological polar surface area (TPSA) is 33.1 Å². The second kappa shape index (κ2) is 3.99. The van der Waals surface area contributed by atoms with Gasteiger partial charge in [-0.25, -0.2) is 0 Å². The van der Waals surface area contributed by atoms with Crippen molar-refractivity contribution in [2.45, 2.75) is 26.4 Å². The Morgan fingerprint density at radius 1 is 1.27 bits per heavy atom. The first-order chi connectivity index (χ1) is 7.20. The van der Waals surface area contributed by atoms with Crippen molar-refractivity contribution in [2.24, 2.45) is 0 Å². The molecule has 0 bridgehead atoms. The number of hydrogen-bond acceptors (Lipinski definition) is 2. The van der Waals surface area contributed by atoms with Crippen LogP contribution < -0.4 is 0 Å². The van der Waals surface area contributed by atoms with Gasteiger partial charge in [0.1, 0.15) is 0 Å². The molecule has 0 saturated heterocycles. The third-order valence-electron chi connectivity index (χ3n) is 2.65. The average molecular weight is 201 g/mol. The molecule has 1 heterocycles. The summed E-state index contributed by atoms with van der Waals surface area (Å²) in [6.07, 6.45) is 2.42. The van der Waals surface area contributed by atoms with Crippen LogP contribution in [0.15, 0.2) is 30.5 Å². The Hall–Kier alpha value is -1.41. The lowest BCUT2D eigenvalue weighted by Gasteiger charge is -2.06. The molecule has 0 fully saturated rings. The highest BCUT2D eigenvalue weighted by atomic mass is 16.3. The number of pyridine rings is 1. The molecular formula is C13H15NO. The minimum atomic E-state index is -0.410. The monoisotopic (exact) mass is 201 g/mol. The molecule has 2 heteroatoms. The SMILES string of the molecule is CCc1cc2cc([C@@H](C)O)ccc2cn1. The van der Waals surface area contributed by atoms with Gasteiger partial charge in [0.25, 0.3) is 0 Å². The highest BCUT2D eigenvalue weighted by Crippen LogP contribution is 2.20. The van der Waals surface area contributed by atoms with Crippen LogP contribution in [0.25, 0.3) is 10.8 Å². The maximum atomic E-state index is 9.49. The molecule has 1 atom stereocenters. The largest absolute Gasteiger partial charge is 0.389 e. The number of benzene rings is 1. The summed E-state index contributed by atoms with van der Waals surface area (Å²) in [5.74, 6) is 0. The molecule has 1 aromatic carbocycles. The lowest BCUT2D eigenvalue weighted by Crippen LogP contribution is -1.92. The van der Waals surface area contributed by atoms with E-state index in [-0.39, 0.29) is 0 Å². The standard InChI is InChI=1S/C13H15NO/c1-3-13-7-12-6-10(9(2)15)4-5-11(12)8-14-13/h4-9,15H,3H2,1-2H3/t9-/m1/s1. The minimum absolute atomic E-state index is 0.410. The second-order valence-electron chi connectivity index (χ2n) is 3.81. The summed E-state index contributed by atoms with van der Waals surface area (Å²) in [6, 6.07) is 8.06. The van der Waals surface area contributed by atoms with Crippen molar-refractivity contribution < 1.29 is 5.11 Å². The number of rotatable bonds is 2. The zero-order chi connectivity index (χ0) is 10.8. The van der Waals surface area contributed by atoms with E-state index in [1.165, 1.54) is 0 Å². The maximum absolute atomic E-state index is 9.49. The number of aryl methyl sites for hydroxylation is 1. The fourth-order valence-electron chi connectivity index (χ4n) is 1.66. The van der Waals surface area contributed by atoms with Crippen LogP contribution >= 0.6 is 0 Å². The van der Waals surface area contributed by atoms with Crippen molar-refractivity contribution >= 4 is 10.8 Å². The molecule has 0 aliphatic rings. The van der Waals surface area contributed by atoms with Crippen molar-refractivity contribution in [3.63, 3.8) is 0 Å². The summed E-state index contributed by atoms with van der Waals surface area (Å²) in [5, 5.41) is 11.8. The fourth-order valence-corrected chi connectivity index (χ4v) is 1.66. The average Bonchev–Trinajstić information content (AvgIpc) is 2.27. The van der Waals surface area contributed by atoms with Gasteiger partial charge in [0.2, 0.25) is 0 Å². The van der Waals surface area contributed by atoms with E-state index in [0.29, 0.717) is 0 Å². The van der Waals surface area contributed by atoms with Gasteiger partial charge in [-0.15, -0.1) is 0 Å². The maximum Gasteiger partial charge on any atom is 0.0762 e. The van der Waals surface area contributed by atoms with Gasteiger partial charge in [0.05, 0.1) is 6.10 Å². The van der Waals surface area contributed by atoms with Gasteiger partial charge >= 0.3 is 0 Å². The molecule has 1 N–H and O–H groups in total. The van der Waals surface area contributed by atoms with Crippen LogP contribution in [0, 0.1) is 0 Å². The minimum Gasteiger partial charge on any atom is -0.389 e. The van der Waals surface area contributed by atoms with Crippen LogP contribution in [0.3, 0.4) is 0 Å². The summed E-state index contributed by atoms with van der Waals surface area (Å²) in [7, 11) is 0. The molecule has 0 aliphatic carbocycles. The first-order valence-electron chi connectivity index (χ1n) is 5.27. The summed E-state index contributed by atoms with van der Waals surface area (Å²) in [5.41, 5.74) is 2.04. The van der Waals surface area contributed by atoms with Gasteiger partial charge in [-0.3, -0.25) is 4.98 Å². The second-order valence-corrected chi connectivity index (χ2v) is 3.81. The fraction of sp³-hybridized carbons (Fsp3) is 0.308. The molecule has 0 unspecified atom stereocenters. The third kappa shape index (κ3) is 2.00. The summed E-state index contributed by atoms with van der Waals surface area (Å²) < 4.78 is 0. The normalized spacial score (nSPS) is 13.0. The number of fused-ring (bicyclic) bond motifs is 1. The molecule has 0 radical (unpaired) electrons. The Morgan fingerprint density at radius 2 is 2.07 bits per heavy atom. The van der Waals surface area contributed by atoms with E-state index in [2.05, 4.69) is 18.0 Å². The first-order valence-corrected chi connectivity index (χ1v) is 5.27. The molecule has 15 heavy (non-hydrogen) atoms. The third-order valence-corrected chi connectivity index (χ3v) is 2.65. The highest BCUT2D eigenvalue weighted by Gasteiger charge is 2.02. The van der Waals surface area contributed by atoms with Crippen LogP contribution in [0.5, 0.6) is 0 Å². The Labute approximate surface area is 89.6 Å². The first kappa shape index (κ1) is 10.1. The van der Waals surface area contributed by atoms with Crippen LogP contribution in [-0.4, -0.2) is 10.1 Å². The van der Waals surface area contributed by atoms with Gasteiger partial charge in [-0.05, 0) is 36.4 Å². The zero-order valence-corrected chi connectivity index (χ0v) is 9.07. The predicted molar refractivity (Wildman–Crippen MR) is 61.8 cm³/mol. The predicted octanol–water partition coefficient (Wildman–Crippen LogP) is 2.85. The van der Waals surface area contributed by atoms with Gasteiger partial charge in [0.15, 0.2) is 0 Å². The molecule has 0 aliphatic heterocycles. The van der Waals surface area contributed by atoms with Gasteiger partial charge < -0.3 is 5.11 Å². The molecular weight excluding hydrogens is 186 g/mol. The van der Waals surface area contributed by atoms with Crippen molar-refractivity contribution in [2.75, 3.05) is 0 Å². The number of aliphatic hydroxyl groups is 1. The molecule has 78 valence electrons. The summed E-state index contributed by atoms with van der Waals surface area (Å²) in [4.78, 5) is 4.34. The van der Waals surface area contributed by atoms with Gasteiger partial charge in [-0.1, -0.05) is 19.1 Å². The molecule has 0 saturated carbocycles. The van der Waals surface area contributed by atoms with Crippen molar-refractivity contribution in [3.05, 3.63) is 41.7 Å². The van der Waals surface area contributed by atoms with Crippen molar-refractivity contribution in [3.8, 4) is 0 Å². The molecule has 2 nitrogen and oxygen atoms in total. The molecule has 0 amide bonds. The number of aromatic nitrogens is 1. The lowest BCUT2D eigenvalue weighted by atomic mass is 10.0. The van der Waals surface area contributed by atoms with Gasteiger partial charge in [-0.2, -0.15) is 0 Å². The number of hydrogen-bond donors (Lipinski definition) is 1. The number of aliphatic hydroxyl groups excluding tert-OH is 1. The Kier molecular flexibility index (Phi) is 2.69. The van der Waals surface area contributed by atoms with E-state index in [4.69, 9.17) is 0 Å². The lowest BCUT2D eigenvalue weighted by molar-refractivity contribution is 0.199. The van der Waals surface area contributed by atoms with Crippen molar-refractivity contribution in [1.29, 1.82) is 0 Å². The van der Waals surface area contributed by atoms with Crippen LogP contribution in [0.2, 0.25) is 0 Å². The summed E-state index contributed by atoms with van der Waals surface area (Å²) in [6.45, 7) is 3.87. The number of nitrogens with zero attached hydrogens (tertiary/aromatic N) is 1. The van der Waals surface area contributed by atoms with E-state index in [1.54, 1.807) is 6.92 Å². The van der Waals surface area contributed by atoms with E-state index in [0.717, 1.165) is 28.5 Å². The Morgan fingerprint density at radius 3 is 2.73 bits per heavy atom. The van der Waals surface area contributed by atoms with Gasteiger partial charge in [0, 0.05) is 17.3 Å². The highest BCUT2D eigenvalue weighted by molar-refractivity contribution is 5.82. The van der Waals surface area contributed by atoms with Crippen molar-refractivity contribution in [1.82, 2.24) is 4.98 Å². The molecule has 2 rings (SSSR count). The van der Waals surface area contributed by atoms with E-state index >= 15 is 0 Å². The zero-order valence-electron chi connectivity index (χ0n) is 9.07. The van der Waals surface area contributed by atoms with E-state index < -0.39 is 6.10 Å². The van der Waals surface area contributed by atoms with E-state index in [9.17, 15) is 5.11 Å². The van der Waals surface area contributed by atoms with Crippen LogP contribution in [0.4, 0.5) is 0 Å². The molecule has 1 aromatic heterocycles. The van der Waals surface area contributed by atoms with Crippen LogP contribution in [-0.2, 0) is 6.42 Å². The van der Waals surface area contributed by atoms with E-state index in [1.807, 2.05) is 24.4 Å². The van der Waals surface area contributed by atoms with Crippen LogP contribution in [0.1, 0.15) is 31.2 Å². The molecule has 2 aromatic rings. The quantitative estimate of drug-likeness (QED) is 0.810. The molecule has 0 spiro atoms. The Balaban J connectivity index is 2.57. The smallest absolute Gasteiger partial charge is 0.0762 e. The Bertz CT molecular complexity index is 477. The summed E-state index contributed by atoms with van der Waals surface area (Å²) >= 11 is 0.